The number of esters is 1. The number of allylic oxidation sites excluding steroid dienone is 1. The number of ether oxygens (including phenoxy) is 2. The predicted molar refractivity (Wildman–Crippen MR) is 124 cm³/mol. The summed E-state index contributed by atoms with van der Waals surface area (Å²) in [5, 5.41) is 2.83. The van der Waals surface area contributed by atoms with Crippen molar-refractivity contribution in [3.8, 4) is 0 Å². The van der Waals surface area contributed by atoms with Crippen LogP contribution in [0.5, 0.6) is 0 Å². The number of anilines is 1. The summed E-state index contributed by atoms with van der Waals surface area (Å²) in [7, 11) is 0. The number of hydrogen-bond acceptors (Lipinski definition) is 6. The number of halogens is 1. The van der Waals surface area contributed by atoms with Gasteiger partial charge in [0.25, 0.3) is 0 Å². The molecule has 0 radical (unpaired) electrons. The van der Waals surface area contributed by atoms with Crippen molar-refractivity contribution in [1.29, 1.82) is 0 Å². The normalized spacial score (nSPS) is 23.8. The lowest BCUT2D eigenvalue weighted by Crippen LogP contribution is -2.49. The number of hydrogen-bond donors (Lipinski definition) is 2. The molecule has 2 aliphatic heterocycles. The average Bonchev–Trinajstić information content (AvgIpc) is 3.05. The zero-order valence-corrected chi connectivity index (χ0v) is 19.4. The van der Waals surface area contributed by atoms with Crippen LogP contribution >= 0.6 is 15.9 Å². The molecule has 0 unspecified atom stereocenters. The fraction of sp³-hybridized carbons (Fsp3) is 0.240. The summed E-state index contributed by atoms with van der Waals surface area (Å²) in [6.07, 6.45) is 0.556. The topological polar surface area (TPSA) is 108 Å². The fourth-order valence-electron chi connectivity index (χ4n) is 5.07. The Balaban J connectivity index is 1.75. The van der Waals surface area contributed by atoms with Gasteiger partial charge in [-0.2, -0.15) is 0 Å². The SMILES string of the molecule is CCOC(=O)C1=C(N)OC2=C(C(=O)C[C@@H](c3ccccc3)C2)[C@]12C(=O)Nc1ccc(Br)cc12. The number of fused-ring (bicyclic) bond motifs is 3. The summed E-state index contributed by atoms with van der Waals surface area (Å²) in [4.78, 5) is 40.5. The second-order valence-electron chi connectivity index (χ2n) is 8.19. The molecule has 168 valence electrons. The summed E-state index contributed by atoms with van der Waals surface area (Å²) in [5.41, 5.74) is 6.50. The average molecular weight is 509 g/mol. The van der Waals surface area contributed by atoms with Crippen LogP contribution in [0.25, 0.3) is 0 Å². The van der Waals surface area contributed by atoms with Gasteiger partial charge in [-0.25, -0.2) is 4.79 Å². The van der Waals surface area contributed by atoms with Crippen LogP contribution in [0.4, 0.5) is 5.69 Å². The predicted octanol–water partition coefficient (Wildman–Crippen LogP) is 3.80. The molecule has 5 rings (SSSR count). The van der Waals surface area contributed by atoms with Crippen LogP contribution in [0.3, 0.4) is 0 Å². The number of benzene rings is 2. The number of rotatable bonds is 3. The monoisotopic (exact) mass is 508 g/mol. The summed E-state index contributed by atoms with van der Waals surface area (Å²) >= 11 is 3.45. The molecule has 3 N–H and O–H groups in total. The largest absolute Gasteiger partial charge is 0.462 e. The van der Waals surface area contributed by atoms with E-state index in [0.717, 1.165) is 5.56 Å². The summed E-state index contributed by atoms with van der Waals surface area (Å²) in [6, 6.07) is 14.9. The van der Waals surface area contributed by atoms with Crippen molar-refractivity contribution >= 4 is 39.3 Å². The molecule has 2 aromatic rings. The molecule has 2 atom stereocenters. The lowest BCUT2D eigenvalue weighted by molar-refractivity contribution is -0.141. The number of carbonyl (C=O) groups is 3. The number of nitrogens with two attached hydrogens (primary N) is 1. The highest BCUT2D eigenvalue weighted by molar-refractivity contribution is 9.10. The lowest BCUT2D eigenvalue weighted by Gasteiger charge is -2.40. The van der Waals surface area contributed by atoms with E-state index in [4.69, 9.17) is 15.2 Å². The molecule has 0 saturated heterocycles. The van der Waals surface area contributed by atoms with Gasteiger partial charge < -0.3 is 20.5 Å². The van der Waals surface area contributed by atoms with Crippen LogP contribution in [-0.4, -0.2) is 24.3 Å². The van der Waals surface area contributed by atoms with Crippen LogP contribution in [0.15, 0.2) is 75.8 Å². The Morgan fingerprint density at radius 2 is 1.97 bits per heavy atom. The maximum absolute atomic E-state index is 13.7. The van der Waals surface area contributed by atoms with Gasteiger partial charge in [0.15, 0.2) is 5.78 Å². The van der Waals surface area contributed by atoms with Crippen LogP contribution < -0.4 is 11.1 Å². The van der Waals surface area contributed by atoms with Crippen molar-refractivity contribution in [3.63, 3.8) is 0 Å². The Morgan fingerprint density at radius 3 is 2.70 bits per heavy atom. The van der Waals surface area contributed by atoms with Crippen LogP contribution in [0.2, 0.25) is 0 Å². The minimum atomic E-state index is -1.73. The third-order valence-corrected chi connectivity index (χ3v) is 6.87. The maximum Gasteiger partial charge on any atom is 0.341 e. The molecule has 1 aliphatic carbocycles. The maximum atomic E-state index is 13.7. The van der Waals surface area contributed by atoms with Gasteiger partial charge >= 0.3 is 5.97 Å². The van der Waals surface area contributed by atoms with E-state index >= 15 is 0 Å². The molecule has 1 amide bonds. The Hall–Kier alpha value is -3.39. The summed E-state index contributed by atoms with van der Waals surface area (Å²) < 4.78 is 11.8. The third-order valence-electron chi connectivity index (χ3n) is 6.38. The second-order valence-corrected chi connectivity index (χ2v) is 9.11. The van der Waals surface area contributed by atoms with Crippen molar-refractivity contribution < 1.29 is 23.9 Å². The molecule has 1 spiro atoms. The molecule has 7 nitrogen and oxygen atoms in total. The van der Waals surface area contributed by atoms with Gasteiger partial charge in [0.2, 0.25) is 11.8 Å². The zero-order chi connectivity index (χ0) is 23.3. The fourth-order valence-corrected chi connectivity index (χ4v) is 5.43. The van der Waals surface area contributed by atoms with Gasteiger partial charge in [0.05, 0.1) is 12.2 Å². The third kappa shape index (κ3) is 3.12. The molecule has 0 fully saturated rings. The van der Waals surface area contributed by atoms with Gasteiger partial charge in [-0.1, -0.05) is 46.3 Å². The molecule has 3 aliphatic rings. The smallest absolute Gasteiger partial charge is 0.341 e. The Morgan fingerprint density at radius 1 is 1.21 bits per heavy atom. The Kier molecular flexibility index (Phi) is 5.12. The highest BCUT2D eigenvalue weighted by atomic mass is 79.9. The van der Waals surface area contributed by atoms with Gasteiger partial charge in [-0.15, -0.1) is 0 Å². The molecule has 0 saturated carbocycles. The molecular formula is C25H21BrN2O5. The molecular weight excluding hydrogens is 488 g/mol. The first kappa shape index (κ1) is 21.5. The molecule has 2 aromatic carbocycles. The van der Waals surface area contributed by atoms with Crippen LogP contribution in [0, 0.1) is 0 Å². The van der Waals surface area contributed by atoms with Gasteiger partial charge in [0, 0.05) is 28.6 Å². The van der Waals surface area contributed by atoms with E-state index in [1.54, 1.807) is 25.1 Å². The van der Waals surface area contributed by atoms with E-state index in [2.05, 4.69) is 21.2 Å². The van der Waals surface area contributed by atoms with Gasteiger partial charge in [-0.05, 0) is 36.6 Å². The standard InChI is InChI=1S/C25H21BrN2O5/c1-2-32-23(30)21-22(27)33-19-11-14(13-6-4-3-5-7-13)10-18(29)20(19)25(21)16-12-15(26)8-9-17(16)28-24(25)31/h3-9,12,14H,2,10-11,27H2,1H3,(H,28,31)/t14-,25+/m1/s1. The minimum Gasteiger partial charge on any atom is -0.462 e. The van der Waals surface area contributed by atoms with Gasteiger partial charge in [-0.3, -0.25) is 9.59 Å². The summed E-state index contributed by atoms with van der Waals surface area (Å²) in [6.45, 7) is 1.74. The first-order chi connectivity index (χ1) is 15.9. The van der Waals surface area contributed by atoms with E-state index in [9.17, 15) is 14.4 Å². The van der Waals surface area contributed by atoms with Crippen molar-refractivity contribution in [3.05, 3.63) is 86.9 Å². The van der Waals surface area contributed by atoms with Crippen molar-refractivity contribution in [2.45, 2.75) is 31.1 Å². The first-order valence-electron chi connectivity index (χ1n) is 10.7. The first-order valence-corrected chi connectivity index (χ1v) is 11.5. The highest BCUT2D eigenvalue weighted by Gasteiger charge is 2.62. The molecule has 8 heteroatoms. The Bertz CT molecular complexity index is 1270. The van der Waals surface area contributed by atoms with Gasteiger partial charge in [0.1, 0.15) is 16.7 Å². The molecule has 0 bridgehead atoms. The Labute approximate surface area is 198 Å². The lowest BCUT2D eigenvalue weighted by atomic mass is 9.63. The number of nitrogens with one attached hydrogen (secondary N) is 1. The summed E-state index contributed by atoms with van der Waals surface area (Å²) in [5.74, 6) is -1.61. The number of Topliss-reactive ketones (excluding diaryl/α,β-unsaturated/α-hetero) is 1. The van der Waals surface area contributed by atoms with E-state index in [1.165, 1.54) is 0 Å². The minimum absolute atomic E-state index is 0.0780. The van der Waals surface area contributed by atoms with Crippen molar-refractivity contribution in [2.24, 2.45) is 5.73 Å². The van der Waals surface area contributed by atoms with Crippen LogP contribution in [0.1, 0.15) is 36.8 Å². The van der Waals surface area contributed by atoms with E-state index < -0.39 is 17.3 Å². The zero-order valence-electron chi connectivity index (χ0n) is 17.8. The number of carbonyl (C=O) groups excluding carboxylic acids is 3. The van der Waals surface area contributed by atoms with E-state index in [1.807, 2.05) is 30.3 Å². The second kappa shape index (κ2) is 7.88. The molecule has 33 heavy (non-hydrogen) atoms. The highest BCUT2D eigenvalue weighted by Crippen LogP contribution is 2.56. The van der Waals surface area contributed by atoms with E-state index in [-0.39, 0.29) is 41.8 Å². The van der Waals surface area contributed by atoms with Crippen molar-refractivity contribution in [2.75, 3.05) is 11.9 Å². The van der Waals surface area contributed by atoms with E-state index in [0.29, 0.717) is 27.9 Å². The number of amides is 1. The number of ketones is 1. The van der Waals surface area contributed by atoms with Crippen molar-refractivity contribution in [1.82, 2.24) is 0 Å². The van der Waals surface area contributed by atoms with Crippen LogP contribution in [-0.2, 0) is 29.3 Å². The quantitative estimate of drug-likeness (QED) is 0.610. The molecule has 2 heterocycles. The molecule has 0 aromatic heterocycles.